The van der Waals surface area contributed by atoms with Crippen LogP contribution in [0.2, 0.25) is 0 Å². The van der Waals surface area contributed by atoms with Gasteiger partial charge < -0.3 is 15.4 Å². The number of ether oxygens (including phenoxy) is 1. The molecule has 0 spiro atoms. The van der Waals surface area contributed by atoms with Crippen molar-refractivity contribution in [3.05, 3.63) is 66.4 Å². The van der Waals surface area contributed by atoms with Crippen LogP contribution in [0, 0.1) is 0 Å². The lowest BCUT2D eigenvalue weighted by atomic mass is 10.3. The SMILES string of the molecule is COc1ccc(N/C(C)=C/C(=S)Nc2ccccc2)cc1. The van der Waals surface area contributed by atoms with Crippen molar-refractivity contribution in [2.45, 2.75) is 6.92 Å². The standard InChI is InChI=1S/C17H18N2OS/c1-13(18-15-8-10-16(20-2)11-9-15)12-17(21)19-14-6-4-3-5-7-14/h3-12,18H,1-2H3,(H,19,21)/b13-12+. The normalized spacial score (nSPS) is 10.9. The van der Waals surface area contributed by atoms with Crippen LogP contribution in [0.4, 0.5) is 11.4 Å². The van der Waals surface area contributed by atoms with E-state index >= 15 is 0 Å². The Morgan fingerprint density at radius 3 is 2.19 bits per heavy atom. The second kappa shape index (κ2) is 7.45. The van der Waals surface area contributed by atoms with E-state index in [9.17, 15) is 0 Å². The van der Waals surface area contributed by atoms with Crippen LogP contribution in [0.1, 0.15) is 6.92 Å². The molecule has 0 saturated carbocycles. The van der Waals surface area contributed by atoms with Gasteiger partial charge in [-0.2, -0.15) is 0 Å². The van der Waals surface area contributed by atoms with Gasteiger partial charge in [-0.15, -0.1) is 0 Å². The number of hydrogen-bond donors (Lipinski definition) is 2. The number of hydrogen-bond acceptors (Lipinski definition) is 3. The van der Waals surface area contributed by atoms with Gasteiger partial charge in [-0.1, -0.05) is 30.4 Å². The van der Waals surface area contributed by atoms with E-state index in [2.05, 4.69) is 10.6 Å². The summed E-state index contributed by atoms with van der Waals surface area (Å²) in [5.74, 6) is 0.837. The molecule has 0 aromatic heterocycles. The molecule has 0 heterocycles. The molecule has 2 aromatic rings. The molecule has 2 N–H and O–H groups in total. The predicted octanol–water partition coefficient (Wildman–Crippen LogP) is 4.45. The zero-order valence-electron chi connectivity index (χ0n) is 12.1. The van der Waals surface area contributed by atoms with E-state index in [0.29, 0.717) is 4.99 Å². The fourth-order valence-electron chi connectivity index (χ4n) is 1.83. The Hall–Kier alpha value is -2.33. The van der Waals surface area contributed by atoms with Crippen molar-refractivity contribution >= 4 is 28.6 Å². The van der Waals surface area contributed by atoms with Crippen molar-refractivity contribution in [1.29, 1.82) is 0 Å². The summed E-state index contributed by atoms with van der Waals surface area (Å²) < 4.78 is 5.13. The second-order valence-electron chi connectivity index (χ2n) is 4.54. The lowest BCUT2D eigenvalue weighted by molar-refractivity contribution is 0.415. The van der Waals surface area contributed by atoms with Crippen LogP contribution in [0.5, 0.6) is 5.75 Å². The monoisotopic (exact) mass is 298 g/mol. The third-order valence-corrected chi connectivity index (χ3v) is 3.04. The van der Waals surface area contributed by atoms with Crippen molar-refractivity contribution in [3.63, 3.8) is 0 Å². The van der Waals surface area contributed by atoms with Gasteiger partial charge >= 0.3 is 0 Å². The highest BCUT2D eigenvalue weighted by Gasteiger charge is 1.97. The molecule has 0 aliphatic heterocycles. The molecule has 0 saturated heterocycles. The zero-order chi connectivity index (χ0) is 15.1. The lowest BCUT2D eigenvalue weighted by Gasteiger charge is -2.09. The maximum atomic E-state index is 5.32. The number of allylic oxidation sites excluding steroid dienone is 1. The Balaban J connectivity index is 1.95. The largest absolute Gasteiger partial charge is 0.497 e. The average Bonchev–Trinajstić information content (AvgIpc) is 2.48. The van der Waals surface area contributed by atoms with Gasteiger partial charge in [0.15, 0.2) is 0 Å². The van der Waals surface area contributed by atoms with Gasteiger partial charge in [0, 0.05) is 17.1 Å². The molecule has 4 heteroatoms. The molecular formula is C17H18N2OS. The van der Waals surface area contributed by atoms with E-state index in [1.165, 1.54) is 0 Å². The molecule has 0 unspecified atom stereocenters. The van der Waals surface area contributed by atoms with Crippen LogP contribution >= 0.6 is 12.2 Å². The minimum Gasteiger partial charge on any atom is -0.497 e. The van der Waals surface area contributed by atoms with Crippen LogP contribution in [-0.2, 0) is 0 Å². The van der Waals surface area contributed by atoms with Gasteiger partial charge in [-0.3, -0.25) is 0 Å². The van der Waals surface area contributed by atoms with Gasteiger partial charge in [-0.25, -0.2) is 0 Å². The summed E-state index contributed by atoms with van der Waals surface area (Å²) in [5, 5.41) is 6.46. The van der Waals surface area contributed by atoms with Crippen molar-refractivity contribution < 1.29 is 4.74 Å². The van der Waals surface area contributed by atoms with Gasteiger partial charge in [0.05, 0.1) is 7.11 Å². The van der Waals surface area contributed by atoms with E-state index in [1.54, 1.807) is 7.11 Å². The molecule has 108 valence electrons. The molecule has 0 bridgehead atoms. The summed E-state index contributed by atoms with van der Waals surface area (Å²) in [6, 6.07) is 17.6. The Labute approximate surface area is 130 Å². The Morgan fingerprint density at radius 1 is 0.952 bits per heavy atom. The Morgan fingerprint density at radius 2 is 1.57 bits per heavy atom. The van der Waals surface area contributed by atoms with Gasteiger partial charge in [0.2, 0.25) is 0 Å². The van der Waals surface area contributed by atoms with Crippen LogP contribution in [0.25, 0.3) is 0 Å². The Kier molecular flexibility index (Phi) is 5.35. The van der Waals surface area contributed by atoms with Gasteiger partial charge in [-0.05, 0) is 49.4 Å². The molecule has 0 aliphatic carbocycles. The van der Waals surface area contributed by atoms with Crippen molar-refractivity contribution in [2.75, 3.05) is 17.7 Å². The molecule has 21 heavy (non-hydrogen) atoms. The molecule has 0 aliphatic rings. The summed E-state index contributed by atoms with van der Waals surface area (Å²) >= 11 is 5.32. The van der Waals surface area contributed by atoms with E-state index in [-0.39, 0.29) is 0 Å². The average molecular weight is 298 g/mol. The molecule has 3 nitrogen and oxygen atoms in total. The number of anilines is 2. The first-order valence-corrected chi connectivity index (χ1v) is 7.03. The number of nitrogens with one attached hydrogen (secondary N) is 2. The van der Waals surface area contributed by atoms with Crippen LogP contribution < -0.4 is 15.4 Å². The number of benzene rings is 2. The quantitative estimate of drug-likeness (QED) is 0.631. The van der Waals surface area contributed by atoms with Crippen molar-refractivity contribution in [3.8, 4) is 5.75 Å². The summed E-state index contributed by atoms with van der Waals surface area (Å²) in [6.07, 6.45) is 1.90. The maximum absolute atomic E-state index is 5.32. The van der Waals surface area contributed by atoms with E-state index in [0.717, 1.165) is 22.8 Å². The smallest absolute Gasteiger partial charge is 0.119 e. The number of para-hydroxylation sites is 1. The highest BCUT2D eigenvalue weighted by Crippen LogP contribution is 2.16. The zero-order valence-corrected chi connectivity index (χ0v) is 12.9. The van der Waals surface area contributed by atoms with Crippen molar-refractivity contribution in [2.24, 2.45) is 0 Å². The summed E-state index contributed by atoms with van der Waals surface area (Å²) in [4.78, 5) is 0.666. The predicted molar refractivity (Wildman–Crippen MR) is 93.0 cm³/mol. The molecular weight excluding hydrogens is 280 g/mol. The van der Waals surface area contributed by atoms with Gasteiger partial charge in [0.1, 0.15) is 10.7 Å². The first-order valence-electron chi connectivity index (χ1n) is 6.63. The Bertz CT molecular complexity index is 621. The third kappa shape index (κ3) is 4.93. The molecule has 0 radical (unpaired) electrons. The van der Waals surface area contributed by atoms with Crippen LogP contribution in [0.3, 0.4) is 0 Å². The number of methoxy groups -OCH3 is 1. The van der Waals surface area contributed by atoms with E-state index in [4.69, 9.17) is 17.0 Å². The third-order valence-electron chi connectivity index (χ3n) is 2.82. The molecule has 2 aromatic carbocycles. The highest BCUT2D eigenvalue weighted by molar-refractivity contribution is 7.81. The molecule has 2 rings (SSSR count). The first kappa shape index (κ1) is 15.1. The summed E-state index contributed by atoms with van der Waals surface area (Å²) in [5.41, 5.74) is 2.94. The number of rotatable bonds is 5. The molecule has 0 amide bonds. The van der Waals surface area contributed by atoms with Gasteiger partial charge in [0.25, 0.3) is 0 Å². The van der Waals surface area contributed by atoms with Crippen LogP contribution in [-0.4, -0.2) is 12.1 Å². The molecule has 0 atom stereocenters. The highest BCUT2D eigenvalue weighted by atomic mass is 32.1. The van der Waals surface area contributed by atoms with Crippen molar-refractivity contribution in [1.82, 2.24) is 0 Å². The minimum atomic E-state index is 0.666. The minimum absolute atomic E-state index is 0.666. The second-order valence-corrected chi connectivity index (χ2v) is 4.98. The fourth-order valence-corrected chi connectivity index (χ4v) is 2.13. The summed E-state index contributed by atoms with van der Waals surface area (Å²) in [7, 11) is 1.65. The van der Waals surface area contributed by atoms with E-state index in [1.807, 2.05) is 67.6 Å². The van der Waals surface area contributed by atoms with E-state index < -0.39 is 0 Å². The maximum Gasteiger partial charge on any atom is 0.119 e. The topological polar surface area (TPSA) is 33.3 Å². The lowest BCUT2D eigenvalue weighted by Crippen LogP contribution is -2.08. The first-order chi connectivity index (χ1) is 10.2. The number of thiocarbonyl (C=S) groups is 1. The fraction of sp³-hybridized carbons (Fsp3) is 0.118. The summed E-state index contributed by atoms with van der Waals surface area (Å²) in [6.45, 7) is 1.98. The molecule has 0 fully saturated rings. The van der Waals surface area contributed by atoms with Crippen LogP contribution in [0.15, 0.2) is 66.4 Å².